The van der Waals surface area contributed by atoms with Gasteiger partial charge in [-0.2, -0.15) is 0 Å². The standard InChI is InChI=1S/C27H41NO4/c1-17(2)15-20(5)24(29)21(6)16-19(4)12-10-11-18(3)13-14-23-22(7)25(30)26(31-8)27(28-23)32-9/h10,12-13,15-17,21,24,29H,11,14H2,1-9H3,(H,28,30)/t21-,24+/m1/s1. The van der Waals surface area contributed by atoms with Gasteiger partial charge in [-0.3, -0.25) is 4.79 Å². The predicted octanol–water partition coefficient (Wildman–Crippen LogP) is 5.68. The van der Waals surface area contributed by atoms with Crippen LogP contribution in [0.15, 0.2) is 51.9 Å². The lowest BCUT2D eigenvalue weighted by Gasteiger charge is -2.18. The second-order valence-electron chi connectivity index (χ2n) is 8.85. The summed E-state index contributed by atoms with van der Waals surface area (Å²) in [6, 6.07) is 0. The average Bonchev–Trinajstić information content (AvgIpc) is 2.73. The number of hydrogen-bond acceptors (Lipinski definition) is 4. The minimum Gasteiger partial charge on any atom is -0.488 e. The average molecular weight is 444 g/mol. The molecule has 5 nitrogen and oxygen atoms in total. The quantitative estimate of drug-likeness (QED) is 0.341. The first-order valence-corrected chi connectivity index (χ1v) is 11.2. The molecule has 2 atom stereocenters. The zero-order valence-corrected chi connectivity index (χ0v) is 21.2. The van der Waals surface area contributed by atoms with Gasteiger partial charge in [0.25, 0.3) is 0 Å². The molecule has 0 aromatic carbocycles. The molecule has 5 heteroatoms. The molecule has 0 saturated carbocycles. The smallest absolute Gasteiger partial charge is 0.238 e. The highest BCUT2D eigenvalue weighted by Gasteiger charge is 2.15. The molecule has 0 saturated heterocycles. The van der Waals surface area contributed by atoms with Crippen molar-refractivity contribution in [3.05, 3.63) is 68.6 Å². The van der Waals surface area contributed by atoms with E-state index in [1.165, 1.54) is 19.8 Å². The van der Waals surface area contributed by atoms with Crippen LogP contribution in [0.25, 0.3) is 0 Å². The minimum absolute atomic E-state index is 0.0520. The van der Waals surface area contributed by atoms with Crippen LogP contribution in [0.1, 0.15) is 59.2 Å². The van der Waals surface area contributed by atoms with E-state index in [9.17, 15) is 9.90 Å². The van der Waals surface area contributed by atoms with Crippen molar-refractivity contribution in [1.82, 2.24) is 4.98 Å². The molecule has 0 aliphatic carbocycles. The lowest BCUT2D eigenvalue weighted by Crippen LogP contribution is -2.17. The molecule has 1 aromatic heterocycles. The number of ether oxygens (including phenoxy) is 2. The number of nitrogens with one attached hydrogen (secondary N) is 1. The summed E-state index contributed by atoms with van der Waals surface area (Å²) in [5.74, 6) is 1.03. The maximum atomic E-state index is 12.4. The fraction of sp³-hybridized carbons (Fsp3) is 0.519. The molecule has 0 spiro atoms. The third-order valence-electron chi connectivity index (χ3n) is 5.44. The number of hydrogen-bond donors (Lipinski definition) is 2. The van der Waals surface area contributed by atoms with Crippen molar-refractivity contribution < 1.29 is 14.6 Å². The first-order chi connectivity index (χ1) is 15.0. The van der Waals surface area contributed by atoms with Crippen molar-refractivity contribution in [2.45, 2.75) is 67.4 Å². The van der Waals surface area contributed by atoms with Gasteiger partial charge in [-0.1, -0.05) is 62.3 Å². The Morgan fingerprint density at radius 2 is 1.75 bits per heavy atom. The van der Waals surface area contributed by atoms with Crippen molar-refractivity contribution in [1.29, 1.82) is 0 Å². The molecule has 0 radical (unpaired) electrons. The first-order valence-electron chi connectivity index (χ1n) is 11.2. The Kier molecular flexibility index (Phi) is 11.3. The van der Waals surface area contributed by atoms with E-state index in [0.29, 0.717) is 23.8 Å². The molecule has 0 fully saturated rings. The van der Waals surface area contributed by atoms with Crippen molar-refractivity contribution in [3.63, 3.8) is 0 Å². The molecule has 2 N–H and O–H groups in total. The minimum atomic E-state index is -0.464. The Morgan fingerprint density at radius 1 is 1.09 bits per heavy atom. The Bertz CT molecular complexity index is 932. The van der Waals surface area contributed by atoms with Gasteiger partial charge in [0.05, 0.1) is 20.3 Å². The summed E-state index contributed by atoms with van der Waals surface area (Å²) in [5.41, 5.74) is 4.65. The van der Waals surface area contributed by atoms with Crippen LogP contribution < -0.4 is 14.9 Å². The molecule has 1 aromatic rings. The Morgan fingerprint density at radius 3 is 2.31 bits per heavy atom. The number of aliphatic hydroxyl groups excluding tert-OH is 1. The molecular weight excluding hydrogens is 402 g/mol. The summed E-state index contributed by atoms with van der Waals surface area (Å²) in [5, 5.41) is 10.5. The molecule has 0 amide bonds. The maximum absolute atomic E-state index is 12.4. The molecule has 1 heterocycles. The number of pyridine rings is 1. The number of rotatable bonds is 11. The molecule has 178 valence electrons. The van der Waals surface area contributed by atoms with E-state index in [-0.39, 0.29) is 17.1 Å². The van der Waals surface area contributed by atoms with E-state index in [1.54, 1.807) is 6.92 Å². The van der Waals surface area contributed by atoms with Crippen molar-refractivity contribution in [2.75, 3.05) is 14.2 Å². The molecule has 0 aliphatic heterocycles. The summed E-state index contributed by atoms with van der Waals surface area (Å²) >= 11 is 0. The fourth-order valence-electron chi connectivity index (χ4n) is 3.62. The second-order valence-corrected chi connectivity index (χ2v) is 8.85. The van der Waals surface area contributed by atoms with Gasteiger partial charge >= 0.3 is 0 Å². The van der Waals surface area contributed by atoms with Crippen molar-refractivity contribution >= 4 is 0 Å². The van der Waals surface area contributed by atoms with Crippen LogP contribution in [0.2, 0.25) is 0 Å². The van der Waals surface area contributed by atoms with Gasteiger partial charge in [0.1, 0.15) is 0 Å². The van der Waals surface area contributed by atoms with Gasteiger partial charge in [-0.25, -0.2) is 0 Å². The van der Waals surface area contributed by atoms with Gasteiger partial charge in [0, 0.05) is 23.6 Å². The Hall–Kier alpha value is -2.53. The highest BCUT2D eigenvalue weighted by atomic mass is 16.5. The molecule has 1 rings (SSSR count). The summed E-state index contributed by atoms with van der Waals surface area (Å²) in [6.45, 7) is 14.2. The van der Waals surface area contributed by atoms with Gasteiger partial charge in [0.15, 0.2) is 0 Å². The largest absolute Gasteiger partial charge is 0.488 e. The fourth-order valence-corrected chi connectivity index (χ4v) is 3.62. The number of aliphatic hydroxyl groups is 1. The van der Waals surface area contributed by atoms with E-state index in [2.05, 4.69) is 63.1 Å². The zero-order valence-electron chi connectivity index (χ0n) is 21.2. The van der Waals surface area contributed by atoms with Gasteiger partial charge in [-0.15, -0.1) is 0 Å². The number of aromatic nitrogens is 1. The topological polar surface area (TPSA) is 71.5 Å². The highest BCUT2D eigenvalue weighted by molar-refractivity contribution is 5.40. The van der Waals surface area contributed by atoms with Crippen LogP contribution in [-0.4, -0.2) is 30.4 Å². The van der Waals surface area contributed by atoms with Crippen LogP contribution in [0.4, 0.5) is 0 Å². The van der Waals surface area contributed by atoms with Gasteiger partial charge in [0.2, 0.25) is 17.1 Å². The van der Waals surface area contributed by atoms with Crippen LogP contribution in [0.5, 0.6) is 11.6 Å². The van der Waals surface area contributed by atoms with Gasteiger partial charge in [-0.05, 0) is 45.6 Å². The van der Waals surface area contributed by atoms with Crippen molar-refractivity contribution in [3.8, 4) is 11.6 Å². The van der Waals surface area contributed by atoms with E-state index in [4.69, 9.17) is 9.47 Å². The van der Waals surface area contributed by atoms with Crippen LogP contribution in [-0.2, 0) is 6.42 Å². The Labute approximate surface area is 193 Å². The molecule has 0 aliphatic rings. The first kappa shape index (κ1) is 27.5. The predicted molar refractivity (Wildman–Crippen MR) is 134 cm³/mol. The summed E-state index contributed by atoms with van der Waals surface area (Å²) in [6.07, 6.45) is 11.5. The number of H-pyrrole nitrogens is 1. The summed E-state index contributed by atoms with van der Waals surface area (Å²) in [4.78, 5) is 15.6. The molecule has 0 bridgehead atoms. The molecular formula is C27H41NO4. The molecule has 32 heavy (non-hydrogen) atoms. The zero-order chi connectivity index (χ0) is 24.4. The third-order valence-corrected chi connectivity index (χ3v) is 5.44. The maximum Gasteiger partial charge on any atom is 0.238 e. The lowest BCUT2D eigenvalue weighted by molar-refractivity contribution is 0.172. The van der Waals surface area contributed by atoms with Crippen molar-refractivity contribution in [2.24, 2.45) is 11.8 Å². The van der Waals surface area contributed by atoms with Crippen LogP contribution >= 0.6 is 0 Å². The van der Waals surface area contributed by atoms with Gasteiger partial charge < -0.3 is 19.6 Å². The number of aromatic amines is 1. The third kappa shape index (κ3) is 8.19. The van der Waals surface area contributed by atoms with Crippen LogP contribution in [0, 0.1) is 18.8 Å². The summed E-state index contributed by atoms with van der Waals surface area (Å²) < 4.78 is 10.4. The number of methoxy groups -OCH3 is 2. The van der Waals surface area contributed by atoms with E-state index in [1.807, 2.05) is 13.8 Å². The normalized spacial score (nSPS) is 15.4. The SMILES string of the molecule is COc1[nH]c(CC=C(C)CC=CC(C)=C[C@@H](C)[C@@H](O)C(C)=CC(C)C)c(C)c(=O)c1OC. The lowest BCUT2D eigenvalue weighted by atomic mass is 9.94. The second kappa shape index (κ2) is 13.1. The number of allylic oxidation sites excluding steroid dienone is 6. The monoisotopic (exact) mass is 443 g/mol. The Balaban J connectivity index is 2.80. The molecule has 0 unspecified atom stereocenters. The van der Waals surface area contributed by atoms with Crippen LogP contribution in [0.3, 0.4) is 0 Å². The summed E-state index contributed by atoms with van der Waals surface area (Å²) in [7, 11) is 2.97. The van der Waals surface area contributed by atoms with E-state index >= 15 is 0 Å². The van der Waals surface area contributed by atoms with E-state index < -0.39 is 6.10 Å². The van der Waals surface area contributed by atoms with E-state index in [0.717, 1.165) is 23.3 Å². The highest BCUT2D eigenvalue weighted by Crippen LogP contribution is 2.22.